The SMILES string of the molecule is Cc1cc(NCc2ccc(NC(=O)c3cccnc3)cc2)ncc1[N+](=O)[O-]. The monoisotopic (exact) mass is 363 g/mol. The summed E-state index contributed by atoms with van der Waals surface area (Å²) in [6.45, 7) is 2.17. The number of aryl methyl sites for hydroxylation is 1. The molecule has 0 aliphatic heterocycles. The Bertz CT molecular complexity index is 959. The quantitative estimate of drug-likeness (QED) is 0.512. The van der Waals surface area contributed by atoms with Crippen LogP contribution < -0.4 is 10.6 Å². The lowest BCUT2D eigenvalue weighted by atomic mass is 10.2. The number of carbonyl (C=O) groups excluding carboxylic acids is 1. The first-order valence-corrected chi connectivity index (χ1v) is 8.18. The van der Waals surface area contributed by atoms with Crippen LogP contribution in [0, 0.1) is 17.0 Å². The lowest BCUT2D eigenvalue weighted by Crippen LogP contribution is -2.12. The minimum absolute atomic E-state index is 0.00531. The number of nitrogens with one attached hydrogen (secondary N) is 2. The van der Waals surface area contributed by atoms with Crippen LogP contribution in [0.15, 0.2) is 61.1 Å². The predicted octanol–water partition coefficient (Wildman–Crippen LogP) is 3.56. The molecule has 0 saturated carbocycles. The van der Waals surface area contributed by atoms with Crippen molar-refractivity contribution in [2.75, 3.05) is 10.6 Å². The Morgan fingerprint density at radius 2 is 1.96 bits per heavy atom. The smallest absolute Gasteiger partial charge is 0.290 e. The summed E-state index contributed by atoms with van der Waals surface area (Å²) in [7, 11) is 0. The fourth-order valence-electron chi connectivity index (χ4n) is 2.44. The maximum atomic E-state index is 12.1. The third kappa shape index (κ3) is 4.63. The molecule has 0 radical (unpaired) electrons. The standard InChI is InChI=1S/C19H17N5O3/c1-13-9-18(22-12-17(13)24(26)27)21-10-14-4-6-16(7-5-14)23-19(25)15-3-2-8-20-11-15/h2-9,11-12H,10H2,1H3,(H,21,22)(H,23,25). The van der Waals surface area contributed by atoms with Gasteiger partial charge in [0.1, 0.15) is 12.0 Å². The van der Waals surface area contributed by atoms with Crippen LogP contribution in [0.5, 0.6) is 0 Å². The Labute approximate surface area is 155 Å². The van der Waals surface area contributed by atoms with Crippen molar-refractivity contribution in [2.24, 2.45) is 0 Å². The van der Waals surface area contributed by atoms with Gasteiger partial charge in [-0.25, -0.2) is 4.98 Å². The van der Waals surface area contributed by atoms with Crippen LogP contribution in [0.25, 0.3) is 0 Å². The zero-order chi connectivity index (χ0) is 19.2. The molecule has 2 N–H and O–H groups in total. The van der Waals surface area contributed by atoms with Crippen molar-refractivity contribution in [3.05, 3.63) is 87.9 Å². The van der Waals surface area contributed by atoms with Gasteiger partial charge < -0.3 is 10.6 Å². The summed E-state index contributed by atoms with van der Waals surface area (Å²) in [4.78, 5) is 30.4. The number of nitrogens with zero attached hydrogens (tertiary/aromatic N) is 3. The highest BCUT2D eigenvalue weighted by Crippen LogP contribution is 2.19. The van der Waals surface area contributed by atoms with Gasteiger partial charge in [0.05, 0.1) is 10.5 Å². The van der Waals surface area contributed by atoms with Gasteiger partial charge in [0.25, 0.3) is 11.6 Å². The van der Waals surface area contributed by atoms with E-state index >= 15 is 0 Å². The third-order valence-corrected chi connectivity index (χ3v) is 3.89. The highest BCUT2D eigenvalue weighted by Gasteiger charge is 2.11. The molecule has 8 nitrogen and oxygen atoms in total. The lowest BCUT2D eigenvalue weighted by Gasteiger charge is -2.08. The van der Waals surface area contributed by atoms with Crippen molar-refractivity contribution in [2.45, 2.75) is 13.5 Å². The maximum Gasteiger partial charge on any atom is 0.290 e. The first kappa shape index (κ1) is 18.0. The molecule has 0 saturated heterocycles. The summed E-state index contributed by atoms with van der Waals surface area (Å²) >= 11 is 0. The number of nitro groups is 1. The van der Waals surface area contributed by atoms with Gasteiger partial charge in [-0.15, -0.1) is 0 Å². The molecule has 0 atom stereocenters. The number of carbonyl (C=O) groups is 1. The molecule has 27 heavy (non-hydrogen) atoms. The fraction of sp³-hybridized carbons (Fsp3) is 0.105. The predicted molar refractivity (Wildman–Crippen MR) is 102 cm³/mol. The second kappa shape index (κ2) is 8.05. The maximum absolute atomic E-state index is 12.1. The van der Waals surface area contributed by atoms with Crippen LogP contribution in [0.2, 0.25) is 0 Å². The molecular formula is C19H17N5O3. The lowest BCUT2D eigenvalue weighted by molar-refractivity contribution is -0.385. The number of amides is 1. The minimum atomic E-state index is -0.454. The first-order valence-electron chi connectivity index (χ1n) is 8.18. The number of anilines is 2. The van der Waals surface area contributed by atoms with Gasteiger partial charge >= 0.3 is 0 Å². The molecule has 8 heteroatoms. The molecule has 0 aliphatic rings. The number of rotatable bonds is 6. The molecule has 3 rings (SSSR count). The molecule has 0 unspecified atom stereocenters. The van der Waals surface area contributed by atoms with Crippen LogP contribution in [0.1, 0.15) is 21.5 Å². The Hall–Kier alpha value is -3.81. The normalized spacial score (nSPS) is 10.3. The van der Waals surface area contributed by atoms with E-state index in [9.17, 15) is 14.9 Å². The molecule has 3 aromatic rings. The van der Waals surface area contributed by atoms with Crippen LogP contribution in [0.3, 0.4) is 0 Å². The van der Waals surface area contributed by atoms with Gasteiger partial charge in [-0.05, 0) is 42.8 Å². The molecule has 2 heterocycles. The average Bonchev–Trinajstić information content (AvgIpc) is 2.68. The Balaban J connectivity index is 1.59. The zero-order valence-corrected chi connectivity index (χ0v) is 14.5. The highest BCUT2D eigenvalue weighted by atomic mass is 16.6. The zero-order valence-electron chi connectivity index (χ0n) is 14.5. The van der Waals surface area contributed by atoms with Gasteiger partial charge in [0, 0.05) is 30.2 Å². The Morgan fingerprint density at radius 1 is 1.19 bits per heavy atom. The summed E-state index contributed by atoms with van der Waals surface area (Å²) in [6.07, 6.45) is 4.36. The highest BCUT2D eigenvalue weighted by molar-refractivity contribution is 6.03. The Morgan fingerprint density at radius 3 is 2.59 bits per heavy atom. The summed E-state index contributed by atoms with van der Waals surface area (Å²) in [6, 6.07) is 12.4. The van der Waals surface area contributed by atoms with Crippen LogP contribution in [0.4, 0.5) is 17.2 Å². The molecule has 0 fully saturated rings. The molecular weight excluding hydrogens is 346 g/mol. The van der Waals surface area contributed by atoms with Crippen molar-refractivity contribution in [3.8, 4) is 0 Å². The second-order valence-electron chi connectivity index (χ2n) is 5.86. The fourth-order valence-corrected chi connectivity index (χ4v) is 2.44. The molecule has 0 bridgehead atoms. The molecule has 0 aliphatic carbocycles. The van der Waals surface area contributed by atoms with Crippen molar-refractivity contribution < 1.29 is 9.72 Å². The number of aromatic nitrogens is 2. The number of pyridine rings is 2. The van der Waals surface area contributed by atoms with E-state index in [1.807, 2.05) is 12.1 Å². The summed E-state index contributed by atoms with van der Waals surface area (Å²) in [5.74, 6) is 0.339. The minimum Gasteiger partial charge on any atom is -0.366 e. The van der Waals surface area contributed by atoms with E-state index in [0.29, 0.717) is 29.2 Å². The second-order valence-corrected chi connectivity index (χ2v) is 5.86. The molecule has 1 aromatic carbocycles. The topological polar surface area (TPSA) is 110 Å². The molecule has 1 amide bonds. The van der Waals surface area contributed by atoms with E-state index in [-0.39, 0.29) is 11.6 Å². The van der Waals surface area contributed by atoms with Crippen molar-refractivity contribution in [1.29, 1.82) is 0 Å². The van der Waals surface area contributed by atoms with Crippen LogP contribution in [-0.2, 0) is 6.54 Å². The van der Waals surface area contributed by atoms with Crippen LogP contribution >= 0.6 is 0 Å². The largest absolute Gasteiger partial charge is 0.366 e. The van der Waals surface area contributed by atoms with E-state index in [2.05, 4.69) is 20.6 Å². The van der Waals surface area contributed by atoms with Gasteiger partial charge in [0.2, 0.25) is 0 Å². The van der Waals surface area contributed by atoms with Crippen LogP contribution in [-0.4, -0.2) is 20.8 Å². The van der Waals surface area contributed by atoms with Crippen molar-refractivity contribution in [1.82, 2.24) is 9.97 Å². The van der Waals surface area contributed by atoms with Crippen molar-refractivity contribution in [3.63, 3.8) is 0 Å². The number of hydrogen-bond acceptors (Lipinski definition) is 6. The first-order chi connectivity index (χ1) is 13.0. The third-order valence-electron chi connectivity index (χ3n) is 3.89. The van der Waals surface area contributed by atoms with E-state index in [1.165, 1.54) is 12.4 Å². The van der Waals surface area contributed by atoms with E-state index in [1.54, 1.807) is 43.5 Å². The van der Waals surface area contributed by atoms with Crippen molar-refractivity contribution >= 4 is 23.1 Å². The molecule has 0 spiro atoms. The summed E-state index contributed by atoms with van der Waals surface area (Å²) in [5, 5.41) is 16.8. The summed E-state index contributed by atoms with van der Waals surface area (Å²) < 4.78 is 0. The van der Waals surface area contributed by atoms with E-state index < -0.39 is 4.92 Å². The van der Waals surface area contributed by atoms with Gasteiger partial charge in [-0.2, -0.15) is 0 Å². The Kier molecular flexibility index (Phi) is 5.36. The average molecular weight is 363 g/mol. The number of hydrogen-bond donors (Lipinski definition) is 2. The van der Waals surface area contributed by atoms with Gasteiger partial charge in [-0.1, -0.05) is 12.1 Å². The molecule has 2 aromatic heterocycles. The van der Waals surface area contributed by atoms with Gasteiger partial charge in [0.15, 0.2) is 0 Å². The van der Waals surface area contributed by atoms with E-state index in [4.69, 9.17) is 0 Å². The van der Waals surface area contributed by atoms with Gasteiger partial charge in [-0.3, -0.25) is 19.9 Å². The summed E-state index contributed by atoms with van der Waals surface area (Å²) in [5.41, 5.74) is 2.69. The number of benzene rings is 1. The molecule has 136 valence electrons. The van der Waals surface area contributed by atoms with E-state index in [0.717, 1.165) is 5.56 Å².